The number of nitrogens with zero attached hydrogens (tertiary/aromatic N) is 1. The van der Waals surface area contributed by atoms with E-state index in [1.807, 2.05) is 6.92 Å². The van der Waals surface area contributed by atoms with Crippen LogP contribution >= 0.6 is 0 Å². The minimum absolute atomic E-state index is 0.0677. The maximum Gasteiger partial charge on any atom is 0.265 e. The molecule has 0 spiro atoms. The summed E-state index contributed by atoms with van der Waals surface area (Å²) in [6.45, 7) is 5.25. The number of carbonyl (C=O) groups is 3. The van der Waals surface area contributed by atoms with Crippen LogP contribution in [0.25, 0.3) is 0 Å². The van der Waals surface area contributed by atoms with Crippen molar-refractivity contribution in [1.82, 2.24) is 5.32 Å². The van der Waals surface area contributed by atoms with Crippen molar-refractivity contribution in [3.05, 3.63) is 82.9 Å². The van der Waals surface area contributed by atoms with Crippen LogP contribution in [0.5, 0.6) is 5.75 Å². The standard InChI is InChI=1S/C27H27N3O6S/c1-16-13-17(2)25(18(3)14-16)37(34,35)30-21-11-7-6-10-20(21)28-27(33)22(30)15-24(31)29-26(32)19-9-5-8-12-23(19)36-4/h5-14,22H,15H2,1-4H3,(H,28,33)(H,29,31,32). The van der Waals surface area contributed by atoms with Crippen molar-refractivity contribution in [2.45, 2.75) is 38.1 Å². The number of carbonyl (C=O) groups excluding carboxylic acids is 3. The summed E-state index contributed by atoms with van der Waals surface area (Å²) < 4.78 is 34.4. The lowest BCUT2D eigenvalue weighted by Crippen LogP contribution is -2.53. The van der Waals surface area contributed by atoms with Crippen molar-refractivity contribution in [3.8, 4) is 5.75 Å². The second kappa shape index (κ2) is 10.1. The number of hydrogen-bond donors (Lipinski definition) is 2. The van der Waals surface area contributed by atoms with Gasteiger partial charge in [0, 0.05) is 0 Å². The van der Waals surface area contributed by atoms with Crippen molar-refractivity contribution in [3.63, 3.8) is 0 Å². The van der Waals surface area contributed by atoms with Crippen molar-refractivity contribution >= 4 is 39.1 Å². The van der Waals surface area contributed by atoms with Gasteiger partial charge in [0.25, 0.3) is 15.9 Å². The molecule has 9 nitrogen and oxygen atoms in total. The molecular weight excluding hydrogens is 494 g/mol. The summed E-state index contributed by atoms with van der Waals surface area (Å²) in [4.78, 5) is 38.9. The molecule has 10 heteroatoms. The molecule has 3 amide bonds. The van der Waals surface area contributed by atoms with Gasteiger partial charge in [-0.3, -0.25) is 24.0 Å². The van der Waals surface area contributed by atoms with Crippen LogP contribution in [0.4, 0.5) is 11.4 Å². The largest absolute Gasteiger partial charge is 0.496 e. The third-order valence-corrected chi connectivity index (χ3v) is 8.22. The zero-order valence-corrected chi connectivity index (χ0v) is 21.7. The number of hydrogen-bond acceptors (Lipinski definition) is 6. The molecule has 1 aliphatic heterocycles. The van der Waals surface area contributed by atoms with Crippen LogP contribution in [0.2, 0.25) is 0 Å². The molecule has 192 valence electrons. The molecule has 3 aromatic carbocycles. The van der Waals surface area contributed by atoms with Gasteiger partial charge in [0.1, 0.15) is 11.8 Å². The van der Waals surface area contributed by atoms with Gasteiger partial charge < -0.3 is 10.1 Å². The number of anilines is 2. The monoisotopic (exact) mass is 521 g/mol. The summed E-state index contributed by atoms with van der Waals surface area (Å²) in [6, 6.07) is 14.9. The second-order valence-electron chi connectivity index (χ2n) is 8.83. The molecule has 0 aliphatic carbocycles. The first-order valence-electron chi connectivity index (χ1n) is 11.5. The van der Waals surface area contributed by atoms with Crippen LogP contribution in [-0.2, 0) is 19.6 Å². The number of nitrogens with one attached hydrogen (secondary N) is 2. The quantitative estimate of drug-likeness (QED) is 0.512. The Balaban J connectivity index is 1.73. The number of ether oxygens (including phenoxy) is 1. The van der Waals surface area contributed by atoms with Crippen LogP contribution < -0.4 is 19.7 Å². The first kappa shape index (κ1) is 25.9. The lowest BCUT2D eigenvalue weighted by Gasteiger charge is -2.37. The van der Waals surface area contributed by atoms with Crippen molar-refractivity contribution < 1.29 is 27.5 Å². The number of imide groups is 1. The van der Waals surface area contributed by atoms with E-state index in [0.717, 1.165) is 9.87 Å². The van der Waals surface area contributed by atoms with Crippen LogP contribution in [0.3, 0.4) is 0 Å². The normalized spacial score (nSPS) is 15.0. The Morgan fingerprint density at radius 2 is 1.62 bits per heavy atom. The number of sulfonamides is 1. The molecule has 0 radical (unpaired) electrons. The second-order valence-corrected chi connectivity index (χ2v) is 10.6. The smallest absolute Gasteiger partial charge is 0.265 e. The van der Waals surface area contributed by atoms with E-state index < -0.39 is 40.2 Å². The van der Waals surface area contributed by atoms with Crippen LogP contribution in [0.15, 0.2) is 65.6 Å². The Labute approximate surface area is 215 Å². The minimum atomic E-state index is -4.28. The molecule has 0 saturated heterocycles. The van der Waals surface area contributed by atoms with Gasteiger partial charge in [-0.05, 0) is 56.2 Å². The number of benzene rings is 3. The zero-order chi connectivity index (χ0) is 26.9. The minimum Gasteiger partial charge on any atom is -0.496 e. The Kier molecular flexibility index (Phi) is 7.04. The number of aryl methyl sites for hydroxylation is 3. The van der Waals surface area contributed by atoms with Gasteiger partial charge in [-0.1, -0.05) is 42.0 Å². The van der Waals surface area contributed by atoms with Gasteiger partial charge in [-0.25, -0.2) is 8.42 Å². The van der Waals surface area contributed by atoms with E-state index in [-0.39, 0.29) is 21.9 Å². The first-order chi connectivity index (χ1) is 17.5. The van der Waals surface area contributed by atoms with E-state index in [0.29, 0.717) is 16.8 Å². The molecule has 1 unspecified atom stereocenters. The van der Waals surface area contributed by atoms with Crippen molar-refractivity contribution in [2.75, 3.05) is 16.7 Å². The molecule has 0 bridgehead atoms. The summed E-state index contributed by atoms with van der Waals surface area (Å²) in [5.74, 6) is -1.94. The molecule has 1 aliphatic rings. The third-order valence-electron chi connectivity index (χ3n) is 6.09. The maximum absolute atomic E-state index is 14.1. The van der Waals surface area contributed by atoms with E-state index >= 15 is 0 Å². The van der Waals surface area contributed by atoms with Crippen molar-refractivity contribution in [1.29, 1.82) is 0 Å². The molecule has 1 atom stereocenters. The lowest BCUT2D eigenvalue weighted by atomic mass is 10.1. The van der Waals surface area contributed by atoms with E-state index in [1.165, 1.54) is 13.2 Å². The van der Waals surface area contributed by atoms with Gasteiger partial charge >= 0.3 is 0 Å². The fraction of sp³-hybridized carbons (Fsp3) is 0.222. The molecule has 4 rings (SSSR count). The zero-order valence-electron chi connectivity index (χ0n) is 20.9. The average molecular weight is 522 g/mol. The highest BCUT2D eigenvalue weighted by atomic mass is 32.2. The number of methoxy groups -OCH3 is 1. The molecular formula is C27H27N3O6S. The fourth-order valence-electron chi connectivity index (χ4n) is 4.66. The van der Waals surface area contributed by atoms with Gasteiger partial charge in [0.15, 0.2) is 0 Å². The Morgan fingerprint density at radius 1 is 1.00 bits per heavy atom. The van der Waals surface area contributed by atoms with Gasteiger partial charge in [0.2, 0.25) is 11.8 Å². The van der Waals surface area contributed by atoms with E-state index in [4.69, 9.17) is 4.74 Å². The fourth-order valence-corrected chi connectivity index (χ4v) is 6.71. The Morgan fingerprint density at radius 3 is 2.30 bits per heavy atom. The highest BCUT2D eigenvalue weighted by molar-refractivity contribution is 7.93. The van der Waals surface area contributed by atoms with E-state index in [1.54, 1.807) is 68.4 Å². The summed E-state index contributed by atoms with van der Waals surface area (Å²) in [5.41, 5.74) is 2.62. The SMILES string of the molecule is COc1ccccc1C(=O)NC(=O)CC1C(=O)Nc2ccccc2N1S(=O)(=O)c1c(C)cc(C)cc1C. The third kappa shape index (κ3) is 4.92. The van der Waals surface area contributed by atoms with Gasteiger partial charge in [0.05, 0.1) is 35.4 Å². The summed E-state index contributed by atoms with van der Waals surface area (Å²) in [5, 5.41) is 4.93. The highest BCUT2D eigenvalue weighted by Crippen LogP contribution is 2.38. The van der Waals surface area contributed by atoms with E-state index in [9.17, 15) is 22.8 Å². The summed E-state index contributed by atoms with van der Waals surface area (Å²) in [7, 11) is -2.89. The van der Waals surface area contributed by atoms with Crippen molar-refractivity contribution in [2.24, 2.45) is 0 Å². The van der Waals surface area contributed by atoms with E-state index in [2.05, 4.69) is 10.6 Å². The van der Waals surface area contributed by atoms with Crippen LogP contribution in [0, 0.1) is 20.8 Å². The molecule has 1 heterocycles. The number of para-hydroxylation sites is 3. The number of fused-ring (bicyclic) bond motifs is 1. The predicted octanol–water partition coefficient (Wildman–Crippen LogP) is 3.48. The summed E-state index contributed by atoms with van der Waals surface area (Å²) in [6.07, 6.45) is -0.579. The molecule has 0 fully saturated rings. The van der Waals surface area contributed by atoms with Gasteiger partial charge in [-0.2, -0.15) is 0 Å². The van der Waals surface area contributed by atoms with Crippen LogP contribution in [-0.4, -0.2) is 39.3 Å². The topological polar surface area (TPSA) is 122 Å². The Bertz CT molecular complexity index is 1490. The molecule has 0 aromatic heterocycles. The molecule has 37 heavy (non-hydrogen) atoms. The Hall–Kier alpha value is -4.18. The maximum atomic E-state index is 14.1. The molecule has 0 saturated carbocycles. The summed E-state index contributed by atoms with van der Waals surface area (Å²) >= 11 is 0. The predicted molar refractivity (Wildman–Crippen MR) is 139 cm³/mol. The lowest BCUT2D eigenvalue weighted by molar-refractivity contribution is -0.124. The highest BCUT2D eigenvalue weighted by Gasteiger charge is 2.43. The first-order valence-corrected chi connectivity index (χ1v) is 13.0. The van der Waals surface area contributed by atoms with Crippen LogP contribution in [0.1, 0.15) is 33.5 Å². The molecule has 2 N–H and O–H groups in total. The van der Waals surface area contributed by atoms with Gasteiger partial charge in [-0.15, -0.1) is 0 Å². The number of rotatable bonds is 6. The average Bonchev–Trinajstić information content (AvgIpc) is 2.83. The molecule has 3 aromatic rings. The number of amides is 3.